The van der Waals surface area contributed by atoms with Crippen LogP contribution in [0.25, 0.3) is 10.9 Å². The molecule has 0 spiro atoms. The minimum Gasteiger partial charge on any atom is -0.339 e. The van der Waals surface area contributed by atoms with Gasteiger partial charge in [0.15, 0.2) is 0 Å². The topological polar surface area (TPSA) is 95.2 Å². The molecule has 1 aliphatic heterocycles. The Bertz CT molecular complexity index is 1120. The highest BCUT2D eigenvalue weighted by molar-refractivity contribution is 5.96. The maximum atomic E-state index is 12.4. The van der Waals surface area contributed by atoms with Gasteiger partial charge in [-0.1, -0.05) is 12.1 Å². The van der Waals surface area contributed by atoms with Crippen molar-refractivity contribution in [3.63, 3.8) is 0 Å². The molecule has 1 aromatic heterocycles. The lowest BCUT2D eigenvalue weighted by molar-refractivity contribution is -0.116. The molecule has 0 unspecified atom stereocenters. The molecule has 0 aliphatic carbocycles. The Kier molecular flexibility index (Phi) is 5.88. The van der Waals surface area contributed by atoms with Crippen molar-refractivity contribution in [3.8, 4) is 0 Å². The van der Waals surface area contributed by atoms with Gasteiger partial charge in [-0.3, -0.25) is 14.4 Å². The van der Waals surface area contributed by atoms with Crippen LogP contribution in [0, 0.1) is 0 Å². The number of aromatic amines is 1. The average Bonchev–Trinajstić information content (AvgIpc) is 3.29. The molecular weight excluding hydrogens is 380 g/mol. The average molecular weight is 404 g/mol. The van der Waals surface area contributed by atoms with Crippen LogP contribution in [-0.2, 0) is 11.2 Å². The van der Waals surface area contributed by atoms with Crippen LogP contribution >= 0.6 is 0 Å². The largest absolute Gasteiger partial charge is 0.339 e. The minimum absolute atomic E-state index is 0.0438. The first-order chi connectivity index (χ1) is 14.6. The van der Waals surface area contributed by atoms with Gasteiger partial charge in [0.05, 0.1) is 10.9 Å². The number of H-pyrrole nitrogens is 1. The van der Waals surface area contributed by atoms with E-state index in [1.807, 2.05) is 11.0 Å². The summed E-state index contributed by atoms with van der Waals surface area (Å²) in [4.78, 5) is 45.8. The first-order valence-electron chi connectivity index (χ1n) is 10.3. The number of likely N-dealkylation sites (tertiary alicyclic amines) is 1. The quantitative estimate of drug-likeness (QED) is 0.660. The van der Waals surface area contributed by atoms with Crippen LogP contribution in [0.15, 0.2) is 53.3 Å². The second kappa shape index (κ2) is 8.90. The summed E-state index contributed by atoms with van der Waals surface area (Å²) in [6, 6.07) is 14.2. The normalized spacial score (nSPS) is 13.5. The number of aromatic nitrogens is 2. The van der Waals surface area contributed by atoms with Crippen LogP contribution in [-0.4, -0.2) is 39.8 Å². The number of carbonyl (C=O) groups excluding carboxylic acids is 2. The fourth-order valence-corrected chi connectivity index (χ4v) is 3.69. The van der Waals surface area contributed by atoms with E-state index in [-0.39, 0.29) is 17.4 Å². The van der Waals surface area contributed by atoms with Crippen LogP contribution in [0.3, 0.4) is 0 Å². The minimum atomic E-state index is -0.163. The van der Waals surface area contributed by atoms with Crippen LogP contribution in [0.4, 0.5) is 5.69 Å². The Morgan fingerprint density at radius 2 is 1.77 bits per heavy atom. The van der Waals surface area contributed by atoms with Crippen molar-refractivity contribution >= 4 is 28.4 Å². The number of carbonyl (C=O) groups is 2. The number of aryl methyl sites for hydroxylation is 1. The molecule has 1 saturated heterocycles. The molecule has 2 aromatic carbocycles. The van der Waals surface area contributed by atoms with Crippen LogP contribution in [0.2, 0.25) is 0 Å². The zero-order valence-corrected chi connectivity index (χ0v) is 16.7. The zero-order chi connectivity index (χ0) is 20.9. The smallest absolute Gasteiger partial charge is 0.258 e. The van der Waals surface area contributed by atoms with E-state index in [2.05, 4.69) is 15.3 Å². The zero-order valence-electron chi connectivity index (χ0n) is 16.7. The number of para-hydroxylation sites is 1. The Hall–Kier alpha value is -3.48. The van der Waals surface area contributed by atoms with Crippen LogP contribution in [0.1, 0.15) is 41.9 Å². The van der Waals surface area contributed by atoms with E-state index in [4.69, 9.17) is 0 Å². The fraction of sp³-hybridized carbons (Fsp3) is 0.304. The predicted molar refractivity (Wildman–Crippen MR) is 116 cm³/mol. The lowest BCUT2D eigenvalue weighted by Gasteiger charge is -2.15. The summed E-state index contributed by atoms with van der Waals surface area (Å²) in [7, 11) is 0. The summed E-state index contributed by atoms with van der Waals surface area (Å²) in [5.41, 5.74) is 1.80. The number of anilines is 1. The van der Waals surface area contributed by atoms with E-state index < -0.39 is 0 Å². The Morgan fingerprint density at radius 1 is 1.03 bits per heavy atom. The molecule has 0 saturated carbocycles. The standard InChI is InChI=1S/C23H24N4O3/c28-21(9-5-8-20-25-19-7-2-1-6-18(19)22(29)26-20)24-17-12-10-16(11-13-17)23(30)27-14-3-4-15-27/h1-2,6-7,10-13H,3-5,8-9,14-15H2,(H,24,28)(H,25,26,29). The second-order valence-electron chi connectivity index (χ2n) is 7.51. The van der Waals surface area contributed by atoms with Crippen molar-refractivity contribution < 1.29 is 9.59 Å². The molecule has 3 aromatic rings. The summed E-state index contributed by atoms with van der Waals surface area (Å²) >= 11 is 0. The number of nitrogens with zero attached hydrogens (tertiary/aromatic N) is 2. The first-order valence-corrected chi connectivity index (χ1v) is 10.3. The highest BCUT2D eigenvalue weighted by Crippen LogP contribution is 2.16. The lowest BCUT2D eigenvalue weighted by Crippen LogP contribution is -2.27. The molecule has 30 heavy (non-hydrogen) atoms. The highest BCUT2D eigenvalue weighted by atomic mass is 16.2. The maximum absolute atomic E-state index is 12.4. The molecule has 2 amide bonds. The molecular formula is C23H24N4O3. The number of rotatable bonds is 6. The number of hydrogen-bond donors (Lipinski definition) is 2. The van der Waals surface area contributed by atoms with E-state index in [1.54, 1.807) is 42.5 Å². The van der Waals surface area contributed by atoms with Crippen molar-refractivity contribution in [3.05, 3.63) is 70.3 Å². The Labute approximate surface area is 174 Å². The van der Waals surface area contributed by atoms with Gasteiger partial charge in [-0.15, -0.1) is 0 Å². The Morgan fingerprint density at radius 3 is 2.53 bits per heavy atom. The Balaban J connectivity index is 1.28. The van der Waals surface area contributed by atoms with Crippen molar-refractivity contribution in [1.29, 1.82) is 0 Å². The lowest BCUT2D eigenvalue weighted by atomic mass is 10.1. The third kappa shape index (κ3) is 4.56. The first kappa shape index (κ1) is 19.8. The van der Waals surface area contributed by atoms with Crippen LogP contribution in [0.5, 0.6) is 0 Å². The molecule has 1 fully saturated rings. The SMILES string of the molecule is O=C(CCCc1nc2ccccc2c(=O)[nH]1)Nc1ccc(C(=O)N2CCCC2)cc1. The highest BCUT2D eigenvalue weighted by Gasteiger charge is 2.19. The van der Waals surface area contributed by atoms with E-state index in [0.29, 0.717) is 47.2 Å². The third-order valence-electron chi connectivity index (χ3n) is 5.29. The second-order valence-corrected chi connectivity index (χ2v) is 7.51. The number of hydrogen-bond acceptors (Lipinski definition) is 4. The van der Waals surface area contributed by atoms with Crippen molar-refractivity contribution in [2.75, 3.05) is 18.4 Å². The molecule has 0 bridgehead atoms. The summed E-state index contributed by atoms with van der Waals surface area (Å²) in [5, 5.41) is 3.41. The van der Waals surface area contributed by atoms with Gasteiger partial charge in [-0.2, -0.15) is 0 Å². The van der Waals surface area contributed by atoms with Crippen LogP contribution < -0.4 is 10.9 Å². The van der Waals surface area contributed by atoms with E-state index in [1.165, 1.54) is 0 Å². The molecule has 4 rings (SSSR count). The number of amides is 2. The predicted octanol–water partition coefficient (Wildman–Crippen LogP) is 3.12. The summed E-state index contributed by atoms with van der Waals surface area (Å²) in [6.45, 7) is 1.63. The molecule has 0 atom stereocenters. The fourth-order valence-electron chi connectivity index (χ4n) is 3.69. The maximum Gasteiger partial charge on any atom is 0.258 e. The van der Waals surface area contributed by atoms with Gasteiger partial charge >= 0.3 is 0 Å². The third-order valence-corrected chi connectivity index (χ3v) is 5.29. The monoisotopic (exact) mass is 404 g/mol. The van der Waals surface area contributed by atoms with Gasteiger partial charge in [0.1, 0.15) is 5.82 Å². The number of benzene rings is 2. The van der Waals surface area contributed by atoms with Gasteiger partial charge in [-0.25, -0.2) is 4.98 Å². The molecule has 1 aliphatic rings. The van der Waals surface area contributed by atoms with E-state index >= 15 is 0 Å². The summed E-state index contributed by atoms with van der Waals surface area (Å²) in [5.74, 6) is 0.510. The summed E-state index contributed by atoms with van der Waals surface area (Å²) in [6.07, 6.45) is 3.51. The van der Waals surface area contributed by atoms with Gasteiger partial charge < -0.3 is 15.2 Å². The van der Waals surface area contributed by atoms with Gasteiger partial charge in [0.25, 0.3) is 11.5 Å². The van der Waals surface area contributed by atoms with Crippen molar-refractivity contribution in [2.45, 2.75) is 32.1 Å². The van der Waals surface area contributed by atoms with Gasteiger partial charge in [0.2, 0.25) is 5.91 Å². The van der Waals surface area contributed by atoms with Gasteiger partial charge in [-0.05, 0) is 55.7 Å². The van der Waals surface area contributed by atoms with Gasteiger partial charge in [0, 0.05) is 37.2 Å². The summed E-state index contributed by atoms with van der Waals surface area (Å²) < 4.78 is 0. The molecule has 7 heteroatoms. The number of fused-ring (bicyclic) bond motifs is 1. The number of nitrogens with one attached hydrogen (secondary N) is 2. The molecule has 7 nitrogen and oxygen atoms in total. The molecule has 154 valence electrons. The molecule has 2 heterocycles. The van der Waals surface area contributed by atoms with Crippen molar-refractivity contribution in [2.24, 2.45) is 0 Å². The van der Waals surface area contributed by atoms with E-state index in [0.717, 1.165) is 25.9 Å². The van der Waals surface area contributed by atoms with E-state index in [9.17, 15) is 14.4 Å². The molecule has 2 N–H and O–H groups in total. The van der Waals surface area contributed by atoms with Crippen molar-refractivity contribution in [1.82, 2.24) is 14.9 Å². The molecule has 0 radical (unpaired) electrons.